The molecule has 3 N–H and O–H groups in total. The van der Waals surface area contributed by atoms with Crippen molar-refractivity contribution in [3.8, 4) is 11.1 Å². The quantitative estimate of drug-likeness (QED) is 0.333. The van der Waals surface area contributed by atoms with Crippen molar-refractivity contribution in [1.29, 1.82) is 0 Å². The summed E-state index contributed by atoms with van der Waals surface area (Å²) >= 11 is 0. The van der Waals surface area contributed by atoms with Gasteiger partial charge in [0.15, 0.2) is 0 Å². The van der Waals surface area contributed by atoms with Crippen LogP contribution in [0.1, 0.15) is 68.9 Å². The van der Waals surface area contributed by atoms with Crippen molar-refractivity contribution in [2.75, 3.05) is 10.6 Å². The Morgan fingerprint density at radius 2 is 1.71 bits per heavy atom. The molecule has 41 heavy (non-hydrogen) atoms. The Bertz CT molecular complexity index is 1450. The number of nitrogens with zero attached hydrogens (tertiary/aromatic N) is 1. The fourth-order valence-electron chi connectivity index (χ4n) is 6.25. The lowest BCUT2D eigenvalue weighted by atomic mass is 9.85. The molecule has 2 atom stereocenters. The van der Waals surface area contributed by atoms with Gasteiger partial charge < -0.3 is 11.1 Å². The minimum Gasteiger partial charge on any atom is -0.398 e. The van der Waals surface area contributed by atoms with Crippen molar-refractivity contribution in [2.24, 2.45) is 5.92 Å². The van der Waals surface area contributed by atoms with Gasteiger partial charge in [0.25, 0.3) is 5.91 Å². The zero-order valence-electron chi connectivity index (χ0n) is 23.2. The zero-order valence-corrected chi connectivity index (χ0v) is 23.2. The molecule has 1 fully saturated rings. The summed E-state index contributed by atoms with van der Waals surface area (Å²) in [7, 11) is 0. The molecule has 6 nitrogen and oxygen atoms in total. The number of hydrogen-bond donors (Lipinski definition) is 2. The van der Waals surface area contributed by atoms with Gasteiger partial charge in [0.05, 0.1) is 18.0 Å². The Morgan fingerprint density at radius 3 is 2.44 bits per heavy atom. The summed E-state index contributed by atoms with van der Waals surface area (Å²) < 4.78 is 27.5. The van der Waals surface area contributed by atoms with Crippen molar-refractivity contribution in [3.05, 3.63) is 83.4 Å². The number of nitrogens with two attached hydrogens (primary N) is 1. The number of nitrogen functional groups attached to an aromatic ring is 1. The summed E-state index contributed by atoms with van der Waals surface area (Å²) in [6, 6.07) is 14.5. The first kappa shape index (κ1) is 28.5. The monoisotopic (exact) mass is 559 g/mol. The summed E-state index contributed by atoms with van der Waals surface area (Å²) in [5, 5.41) is 2.80. The van der Waals surface area contributed by atoms with Crippen molar-refractivity contribution >= 4 is 29.1 Å². The van der Waals surface area contributed by atoms with Gasteiger partial charge in [-0.2, -0.15) is 0 Å². The number of carbonyl (C=O) groups is 3. The number of rotatable bonds is 7. The van der Waals surface area contributed by atoms with Crippen molar-refractivity contribution in [1.82, 2.24) is 5.32 Å². The van der Waals surface area contributed by atoms with Crippen LogP contribution in [0.2, 0.25) is 0 Å². The van der Waals surface area contributed by atoms with Crippen LogP contribution in [-0.4, -0.2) is 23.8 Å². The van der Waals surface area contributed by atoms with Gasteiger partial charge in [0.1, 0.15) is 17.7 Å². The van der Waals surface area contributed by atoms with E-state index in [0.717, 1.165) is 55.0 Å². The molecule has 8 heteroatoms. The lowest BCUT2D eigenvalue weighted by Crippen LogP contribution is -2.52. The topological polar surface area (TPSA) is 92.5 Å². The van der Waals surface area contributed by atoms with Gasteiger partial charge in [-0.1, -0.05) is 62.4 Å². The number of anilines is 2. The number of nitrogens with one attached hydrogen (secondary N) is 1. The molecule has 3 amide bonds. The second-order valence-corrected chi connectivity index (χ2v) is 11.2. The summed E-state index contributed by atoms with van der Waals surface area (Å²) in [6.45, 7) is 1.76. The van der Waals surface area contributed by atoms with Gasteiger partial charge in [-0.15, -0.1) is 0 Å². The molecule has 5 rings (SSSR count). The first-order chi connectivity index (χ1) is 19.7. The molecule has 1 unspecified atom stereocenters. The minimum atomic E-state index is -1.01. The molecule has 3 aromatic carbocycles. The Labute approximate surface area is 238 Å². The fraction of sp³-hybridized carbons (Fsp3) is 0.364. The highest BCUT2D eigenvalue weighted by atomic mass is 19.1. The molecule has 0 bridgehead atoms. The van der Waals surface area contributed by atoms with Gasteiger partial charge in [-0.3, -0.25) is 14.4 Å². The number of hydrogen-bond acceptors (Lipinski definition) is 4. The maximum Gasteiger partial charge on any atom is 0.256 e. The van der Waals surface area contributed by atoms with Crippen molar-refractivity contribution in [3.63, 3.8) is 0 Å². The van der Waals surface area contributed by atoms with Crippen LogP contribution >= 0.6 is 0 Å². The van der Waals surface area contributed by atoms with Crippen molar-refractivity contribution in [2.45, 2.75) is 70.3 Å². The largest absolute Gasteiger partial charge is 0.398 e. The summed E-state index contributed by atoms with van der Waals surface area (Å²) in [5.74, 6) is -3.27. The Balaban J connectivity index is 1.48. The average Bonchev–Trinajstić information content (AvgIpc) is 3.04. The molecule has 0 radical (unpaired) electrons. The molecule has 0 aromatic heterocycles. The molecule has 1 aliphatic carbocycles. The van der Waals surface area contributed by atoms with E-state index in [1.54, 1.807) is 25.1 Å². The van der Waals surface area contributed by atoms with Crippen LogP contribution in [0.15, 0.2) is 60.7 Å². The third kappa shape index (κ3) is 6.16. The Morgan fingerprint density at radius 1 is 1.00 bits per heavy atom. The van der Waals surface area contributed by atoms with Gasteiger partial charge in [0, 0.05) is 17.3 Å². The standard InChI is InChI=1S/C33H35F2N3O3/c1-20-25-10-5-6-11-26(25)31-27(36)12-7-13-29(31)38(32(20)40)33(41)28(15-14-21-8-3-2-4-9-21)37-30(39)18-22-16-23(34)19-24(35)17-22/h5-7,10-13,16-17,19-21,28H,2-4,8-9,14-15,18,36H2,1H3,(H,37,39)/t20?,28-/m0/s1. The van der Waals surface area contributed by atoms with Crippen LogP contribution in [-0.2, 0) is 20.8 Å². The van der Waals surface area contributed by atoms with Gasteiger partial charge in [-0.25, -0.2) is 13.7 Å². The SMILES string of the molecule is CC1C(=O)N(C(=O)[C@H](CCC2CCCCC2)NC(=O)Cc2cc(F)cc(F)c2)c2cccc(N)c2-c2ccccc21. The molecular formula is C33H35F2N3O3. The van der Waals surface area contributed by atoms with Crippen LogP contribution in [0.5, 0.6) is 0 Å². The molecule has 1 saturated carbocycles. The van der Waals surface area contributed by atoms with E-state index in [1.165, 1.54) is 11.3 Å². The zero-order chi connectivity index (χ0) is 29.1. The number of fused-ring (bicyclic) bond motifs is 3. The molecule has 3 aromatic rings. The highest BCUT2D eigenvalue weighted by molar-refractivity contribution is 6.22. The third-order valence-corrected chi connectivity index (χ3v) is 8.33. The molecule has 1 aliphatic heterocycles. The average molecular weight is 560 g/mol. The van der Waals surface area contributed by atoms with Gasteiger partial charge in [0.2, 0.25) is 11.8 Å². The third-order valence-electron chi connectivity index (χ3n) is 8.33. The Hall–Kier alpha value is -4.07. The Kier molecular flexibility index (Phi) is 8.47. The van der Waals surface area contributed by atoms with E-state index < -0.39 is 41.3 Å². The predicted octanol–water partition coefficient (Wildman–Crippen LogP) is 6.28. The molecular weight excluding hydrogens is 524 g/mol. The second kappa shape index (κ2) is 12.2. The van der Waals surface area contributed by atoms with E-state index in [9.17, 15) is 23.2 Å². The highest BCUT2D eigenvalue weighted by Gasteiger charge is 2.39. The second-order valence-electron chi connectivity index (χ2n) is 11.2. The maximum absolute atomic E-state index is 14.3. The van der Waals surface area contributed by atoms with E-state index in [2.05, 4.69) is 5.32 Å². The number of carbonyl (C=O) groups excluding carboxylic acids is 3. The normalized spacial score (nSPS) is 17.8. The van der Waals surface area contributed by atoms with Crippen LogP contribution in [0.3, 0.4) is 0 Å². The summed E-state index contributed by atoms with van der Waals surface area (Å²) in [4.78, 5) is 42.6. The van der Waals surface area contributed by atoms with E-state index >= 15 is 0 Å². The van der Waals surface area contributed by atoms with E-state index in [0.29, 0.717) is 35.7 Å². The number of amides is 3. The number of halogens is 2. The first-order valence-corrected chi connectivity index (χ1v) is 14.3. The van der Waals surface area contributed by atoms with Crippen molar-refractivity contribution < 1.29 is 23.2 Å². The molecule has 0 spiro atoms. The van der Waals surface area contributed by atoms with Crippen LogP contribution in [0, 0.1) is 17.6 Å². The molecule has 0 saturated heterocycles. The summed E-state index contributed by atoms with van der Waals surface area (Å²) in [5.41, 5.74) is 9.54. The van der Waals surface area contributed by atoms with Crippen LogP contribution < -0.4 is 16.0 Å². The first-order valence-electron chi connectivity index (χ1n) is 14.3. The van der Waals surface area contributed by atoms with Crippen LogP contribution in [0.25, 0.3) is 11.1 Å². The smallest absolute Gasteiger partial charge is 0.256 e. The van der Waals surface area contributed by atoms with Gasteiger partial charge >= 0.3 is 0 Å². The minimum absolute atomic E-state index is 0.159. The van der Waals surface area contributed by atoms with E-state index in [-0.39, 0.29) is 12.0 Å². The molecule has 214 valence electrons. The summed E-state index contributed by atoms with van der Waals surface area (Å²) in [6.07, 6.45) is 6.33. The predicted molar refractivity (Wildman–Crippen MR) is 155 cm³/mol. The van der Waals surface area contributed by atoms with E-state index in [1.807, 2.05) is 24.3 Å². The maximum atomic E-state index is 14.3. The van der Waals surface area contributed by atoms with Crippen LogP contribution in [0.4, 0.5) is 20.2 Å². The van der Waals surface area contributed by atoms with E-state index in [4.69, 9.17) is 5.73 Å². The molecule has 1 heterocycles. The fourth-order valence-corrected chi connectivity index (χ4v) is 6.25. The highest BCUT2D eigenvalue weighted by Crippen LogP contribution is 2.44. The lowest BCUT2D eigenvalue weighted by molar-refractivity contribution is -0.131. The van der Waals surface area contributed by atoms with Gasteiger partial charge in [-0.05, 0) is 66.6 Å². The number of benzene rings is 3. The lowest BCUT2D eigenvalue weighted by Gasteiger charge is -2.30. The molecule has 2 aliphatic rings. The number of imide groups is 1.